The van der Waals surface area contributed by atoms with Crippen molar-refractivity contribution in [2.24, 2.45) is 11.7 Å². The lowest BCUT2D eigenvalue weighted by atomic mass is 10.0. The summed E-state index contributed by atoms with van der Waals surface area (Å²) < 4.78 is 5.14. The predicted octanol–water partition coefficient (Wildman–Crippen LogP) is 2.17. The fourth-order valence-electron chi connectivity index (χ4n) is 1.24. The van der Waals surface area contributed by atoms with Crippen LogP contribution >= 0.6 is 11.3 Å². The van der Waals surface area contributed by atoms with Crippen molar-refractivity contribution in [2.45, 2.75) is 26.4 Å². The van der Waals surface area contributed by atoms with Gasteiger partial charge in [-0.3, -0.25) is 4.79 Å². The van der Waals surface area contributed by atoms with E-state index >= 15 is 0 Å². The molecule has 1 heterocycles. The molecule has 2 N–H and O–H groups in total. The number of rotatable bonds is 6. The zero-order valence-electron chi connectivity index (χ0n) is 8.94. The summed E-state index contributed by atoms with van der Waals surface area (Å²) in [6.45, 7) is 2.96. The van der Waals surface area contributed by atoms with Crippen LogP contribution in [0.5, 0.6) is 0 Å². The number of carbonyl (C=O) groups excluding carboxylic acids is 1. The molecule has 0 spiro atoms. The lowest BCUT2D eigenvalue weighted by Crippen LogP contribution is -2.18. The molecule has 84 valence electrons. The Kier molecular flexibility index (Phi) is 5.36. The first-order valence-electron chi connectivity index (χ1n) is 5.14. The molecule has 0 aliphatic rings. The van der Waals surface area contributed by atoms with E-state index in [0.717, 1.165) is 11.3 Å². The molecular formula is C11H17NO2S. The van der Waals surface area contributed by atoms with Crippen molar-refractivity contribution in [1.29, 1.82) is 0 Å². The molecule has 1 aromatic rings. The van der Waals surface area contributed by atoms with Crippen molar-refractivity contribution in [1.82, 2.24) is 0 Å². The number of esters is 1. The summed E-state index contributed by atoms with van der Waals surface area (Å²) in [4.78, 5) is 12.5. The first kappa shape index (κ1) is 12.2. The van der Waals surface area contributed by atoms with E-state index in [-0.39, 0.29) is 11.9 Å². The Morgan fingerprint density at radius 2 is 2.47 bits per heavy atom. The minimum Gasteiger partial charge on any atom is -0.460 e. The molecule has 0 bridgehead atoms. The molecule has 1 rings (SSSR count). The van der Waals surface area contributed by atoms with E-state index in [4.69, 9.17) is 10.5 Å². The maximum atomic E-state index is 11.4. The Balaban J connectivity index is 2.24. The molecule has 1 aromatic heterocycles. The second-order valence-corrected chi connectivity index (χ2v) is 4.49. The molecule has 0 radical (unpaired) electrons. The monoisotopic (exact) mass is 227 g/mol. The smallest absolute Gasteiger partial charge is 0.306 e. The first-order valence-corrected chi connectivity index (χ1v) is 6.02. The van der Waals surface area contributed by atoms with Gasteiger partial charge in [0.2, 0.25) is 0 Å². The Bertz CT molecular complexity index is 281. The summed E-state index contributed by atoms with van der Waals surface area (Å²) in [7, 11) is 0. The number of hydrogen-bond acceptors (Lipinski definition) is 4. The van der Waals surface area contributed by atoms with Crippen molar-refractivity contribution in [3.8, 4) is 0 Å². The van der Waals surface area contributed by atoms with Gasteiger partial charge in [0.1, 0.15) is 6.61 Å². The third-order valence-corrected chi connectivity index (χ3v) is 3.17. The van der Waals surface area contributed by atoms with E-state index in [1.54, 1.807) is 11.3 Å². The van der Waals surface area contributed by atoms with Crippen LogP contribution in [0.4, 0.5) is 0 Å². The number of hydrogen-bond donors (Lipinski definition) is 1. The molecule has 4 heteroatoms. The van der Waals surface area contributed by atoms with Crippen LogP contribution in [0.3, 0.4) is 0 Å². The largest absolute Gasteiger partial charge is 0.460 e. The number of ether oxygens (including phenoxy) is 1. The topological polar surface area (TPSA) is 52.3 Å². The summed E-state index contributed by atoms with van der Waals surface area (Å²) >= 11 is 1.59. The zero-order chi connectivity index (χ0) is 11.1. The van der Waals surface area contributed by atoms with Crippen LogP contribution in [-0.2, 0) is 16.1 Å². The minimum absolute atomic E-state index is 0.152. The summed E-state index contributed by atoms with van der Waals surface area (Å²) in [6, 6.07) is 3.90. The predicted molar refractivity (Wildman–Crippen MR) is 61.6 cm³/mol. The van der Waals surface area contributed by atoms with Gasteiger partial charge in [0.15, 0.2) is 0 Å². The summed E-state index contributed by atoms with van der Waals surface area (Å²) in [5.41, 5.74) is 5.52. The van der Waals surface area contributed by atoms with Gasteiger partial charge in [0, 0.05) is 11.3 Å². The summed E-state index contributed by atoms with van der Waals surface area (Å²) in [5, 5.41) is 1.97. The third kappa shape index (κ3) is 4.44. The van der Waals surface area contributed by atoms with Crippen LogP contribution in [-0.4, -0.2) is 12.5 Å². The molecule has 0 saturated carbocycles. The SMILES string of the molecule is CCC(CN)CC(=O)OCc1cccs1. The first-order chi connectivity index (χ1) is 7.26. The van der Waals surface area contributed by atoms with Gasteiger partial charge in [-0.1, -0.05) is 19.4 Å². The van der Waals surface area contributed by atoms with Crippen molar-refractivity contribution in [3.05, 3.63) is 22.4 Å². The Hall–Kier alpha value is -0.870. The van der Waals surface area contributed by atoms with Gasteiger partial charge >= 0.3 is 5.97 Å². The fourth-order valence-corrected chi connectivity index (χ4v) is 1.85. The quantitative estimate of drug-likeness (QED) is 0.758. The molecule has 3 nitrogen and oxygen atoms in total. The highest BCUT2D eigenvalue weighted by Gasteiger charge is 2.11. The highest BCUT2D eigenvalue weighted by atomic mass is 32.1. The van der Waals surface area contributed by atoms with Gasteiger partial charge in [-0.25, -0.2) is 0 Å². The zero-order valence-corrected chi connectivity index (χ0v) is 9.76. The fraction of sp³-hybridized carbons (Fsp3) is 0.545. The molecule has 0 amide bonds. The van der Waals surface area contributed by atoms with Gasteiger partial charge in [0.05, 0.1) is 0 Å². The van der Waals surface area contributed by atoms with Gasteiger partial charge in [-0.2, -0.15) is 0 Å². The Morgan fingerprint density at radius 1 is 1.67 bits per heavy atom. The summed E-state index contributed by atoms with van der Waals surface area (Å²) in [5.74, 6) is 0.0986. The van der Waals surface area contributed by atoms with Crippen molar-refractivity contribution >= 4 is 17.3 Å². The van der Waals surface area contributed by atoms with Crippen LogP contribution < -0.4 is 5.73 Å². The summed E-state index contributed by atoms with van der Waals surface area (Å²) in [6.07, 6.45) is 1.35. The Labute approximate surface area is 94.2 Å². The van der Waals surface area contributed by atoms with E-state index < -0.39 is 0 Å². The van der Waals surface area contributed by atoms with Crippen LogP contribution in [0.25, 0.3) is 0 Å². The van der Waals surface area contributed by atoms with Crippen LogP contribution in [0.1, 0.15) is 24.6 Å². The standard InChI is InChI=1S/C11H17NO2S/c1-2-9(7-12)6-11(13)14-8-10-4-3-5-15-10/h3-5,9H,2,6-8,12H2,1H3. The molecular weight excluding hydrogens is 210 g/mol. The molecule has 0 fully saturated rings. The van der Waals surface area contributed by atoms with E-state index in [1.165, 1.54) is 0 Å². The van der Waals surface area contributed by atoms with Crippen LogP contribution in [0.2, 0.25) is 0 Å². The highest BCUT2D eigenvalue weighted by Crippen LogP contribution is 2.12. The van der Waals surface area contributed by atoms with E-state index in [9.17, 15) is 4.79 Å². The maximum Gasteiger partial charge on any atom is 0.306 e. The molecule has 0 aromatic carbocycles. The third-order valence-electron chi connectivity index (χ3n) is 2.32. The average Bonchev–Trinajstić information content (AvgIpc) is 2.75. The second-order valence-electron chi connectivity index (χ2n) is 3.45. The molecule has 0 aliphatic heterocycles. The van der Waals surface area contributed by atoms with E-state index in [2.05, 4.69) is 0 Å². The Morgan fingerprint density at radius 3 is 3.00 bits per heavy atom. The van der Waals surface area contributed by atoms with Crippen LogP contribution in [0, 0.1) is 5.92 Å². The number of nitrogens with two attached hydrogens (primary N) is 1. The van der Waals surface area contributed by atoms with Gasteiger partial charge < -0.3 is 10.5 Å². The molecule has 0 saturated heterocycles. The lowest BCUT2D eigenvalue weighted by Gasteiger charge is -2.10. The highest BCUT2D eigenvalue weighted by molar-refractivity contribution is 7.09. The lowest BCUT2D eigenvalue weighted by molar-refractivity contribution is -0.145. The molecule has 0 aliphatic carbocycles. The van der Waals surface area contributed by atoms with Gasteiger partial charge in [-0.15, -0.1) is 11.3 Å². The molecule has 1 atom stereocenters. The van der Waals surface area contributed by atoms with Crippen LogP contribution in [0.15, 0.2) is 17.5 Å². The average molecular weight is 227 g/mol. The van der Waals surface area contributed by atoms with E-state index in [0.29, 0.717) is 19.6 Å². The van der Waals surface area contributed by atoms with Crippen molar-refractivity contribution < 1.29 is 9.53 Å². The maximum absolute atomic E-state index is 11.4. The van der Waals surface area contributed by atoms with Crippen molar-refractivity contribution in [2.75, 3.05) is 6.54 Å². The second kappa shape index (κ2) is 6.58. The normalized spacial score (nSPS) is 12.4. The van der Waals surface area contributed by atoms with Crippen molar-refractivity contribution in [3.63, 3.8) is 0 Å². The molecule has 1 unspecified atom stereocenters. The number of thiophene rings is 1. The van der Waals surface area contributed by atoms with Gasteiger partial charge in [-0.05, 0) is 23.9 Å². The van der Waals surface area contributed by atoms with Gasteiger partial charge in [0.25, 0.3) is 0 Å². The van der Waals surface area contributed by atoms with E-state index in [1.807, 2.05) is 24.4 Å². The number of carbonyl (C=O) groups is 1. The molecule has 15 heavy (non-hydrogen) atoms. The minimum atomic E-state index is -0.152.